The first kappa shape index (κ1) is 10.6. The van der Waals surface area contributed by atoms with Crippen LogP contribution in [0.5, 0.6) is 0 Å². The second-order valence-corrected chi connectivity index (χ2v) is 3.73. The molecule has 4 heteroatoms. The molecule has 0 aliphatic heterocycles. The number of carbonyl (C=O) groups excluding carboxylic acids is 1. The van der Waals surface area contributed by atoms with Crippen molar-refractivity contribution in [1.82, 2.24) is 5.32 Å². The third-order valence-electron chi connectivity index (χ3n) is 1.65. The van der Waals surface area contributed by atoms with Crippen molar-refractivity contribution in [3.8, 4) is 6.19 Å². The molecule has 3 nitrogen and oxygen atoms in total. The molecular formula is C10H10N2OS. The van der Waals surface area contributed by atoms with Gasteiger partial charge in [-0.25, -0.2) is 0 Å². The second kappa shape index (κ2) is 5.30. The van der Waals surface area contributed by atoms with E-state index in [1.807, 2.05) is 31.2 Å². The molecule has 0 aromatic heterocycles. The molecule has 1 amide bonds. The Morgan fingerprint density at radius 1 is 1.57 bits per heavy atom. The summed E-state index contributed by atoms with van der Waals surface area (Å²) in [5.41, 5.74) is 1.14. The zero-order valence-corrected chi connectivity index (χ0v) is 8.60. The minimum absolute atomic E-state index is 0.263. The number of carbonyl (C=O) groups is 1. The molecule has 0 bridgehead atoms. The Balaban J connectivity index is 2.51. The number of amides is 1. The van der Waals surface area contributed by atoms with Crippen LogP contribution < -0.4 is 5.32 Å². The van der Waals surface area contributed by atoms with Crippen LogP contribution in [0.3, 0.4) is 0 Å². The molecule has 0 saturated heterocycles. The van der Waals surface area contributed by atoms with Crippen molar-refractivity contribution in [2.45, 2.75) is 11.8 Å². The Kier molecular flexibility index (Phi) is 4.02. The van der Waals surface area contributed by atoms with Gasteiger partial charge in [0, 0.05) is 4.90 Å². The molecule has 0 saturated carbocycles. The van der Waals surface area contributed by atoms with Crippen LogP contribution in [-0.2, 0) is 4.79 Å². The Labute approximate surface area is 87.1 Å². The molecule has 0 heterocycles. The fourth-order valence-corrected chi connectivity index (χ4v) is 1.79. The third-order valence-corrected chi connectivity index (χ3v) is 2.82. The number of hydrogen-bond acceptors (Lipinski definition) is 3. The highest BCUT2D eigenvalue weighted by atomic mass is 32.2. The van der Waals surface area contributed by atoms with E-state index in [-0.39, 0.29) is 11.7 Å². The Morgan fingerprint density at radius 2 is 2.29 bits per heavy atom. The molecule has 14 heavy (non-hydrogen) atoms. The van der Waals surface area contributed by atoms with E-state index in [1.54, 1.807) is 6.19 Å². The summed E-state index contributed by atoms with van der Waals surface area (Å²) >= 11 is 1.43. The minimum Gasteiger partial charge on any atom is -0.273 e. The highest BCUT2D eigenvalue weighted by molar-refractivity contribution is 8.00. The summed E-state index contributed by atoms with van der Waals surface area (Å²) in [5.74, 6) is 0.0130. The molecule has 0 fully saturated rings. The first-order chi connectivity index (χ1) is 6.74. The molecule has 72 valence electrons. The maximum absolute atomic E-state index is 11.0. The summed E-state index contributed by atoms with van der Waals surface area (Å²) in [6.07, 6.45) is 1.61. The Hall–Kier alpha value is -1.47. The molecule has 0 aliphatic rings. The highest BCUT2D eigenvalue weighted by Crippen LogP contribution is 2.21. The topological polar surface area (TPSA) is 52.9 Å². The van der Waals surface area contributed by atoms with Gasteiger partial charge in [-0.15, -0.1) is 11.8 Å². The van der Waals surface area contributed by atoms with Crippen LogP contribution in [0.4, 0.5) is 0 Å². The van der Waals surface area contributed by atoms with Gasteiger partial charge in [-0.3, -0.25) is 10.1 Å². The van der Waals surface area contributed by atoms with Crippen LogP contribution in [0.25, 0.3) is 0 Å². The van der Waals surface area contributed by atoms with E-state index in [9.17, 15) is 4.79 Å². The van der Waals surface area contributed by atoms with Gasteiger partial charge in [0.1, 0.15) is 0 Å². The lowest BCUT2D eigenvalue weighted by molar-refractivity contribution is -0.117. The predicted octanol–water partition coefficient (Wildman–Crippen LogP) is 1.68. The molecule has 1 N–H and O–H groups in total. The third kappa shape index (κ3) is 3.11. The molecule has 0 spiro atoms. The average Bonchev–Trinajstić information content (AvgIpc) is 2.17. The number of nitriles is 1. The van der Waals surface area contributed by atoms with Crippen LogP contribution in [0.2, 0.25) is 0 Å². The van der Waals surface area contributed by atoms with Crippen molar-refractivity contribution in [2.75, 3.05) is 5.75 Å². The van der Waals surface area contributed by atoms with Gasteiger partial charge in [0.2, 0.25) is 5.91 Å². The molecule has 1 rings (SSSR count). The van der Waals surface area contributed by atoms with Crippen LogP contribution in [0.1, 0.15) is 5.56 Å². The molecule has 0 unspecified atom stereocenters. The Bertz CT molecular complexity index is 371. The molecule has 1 aromatic rings. The van der Waals surface area contributed by atoms with E-state index >= 15 is 0 Å². The van der Waals surface area contributed by atoms with Crippen molar-refractivity contribution in [1.29, 1.82) is 5.26 Å². The number of rotatable bonds is 3. The average molecular weight is 206 g/mol. The number of thioether (sulfide) groups is 1. The second-order valence-electron chi connectivity index (χ2n) is 2.71. The lowest BCUT2D eigenvalue weighted by Gasteiger charge is -2.02. The summed E-state index contributed by atoms with van der Waals surface area (Å²) < 4.78 is 0. The van der Waals surface area contributed by atoms with Crippen molar-refractivity contribution in [2.24, 2.45) is 0 Å². The largest absolute Gasteiger partial charge is 0.273 e. The number of hydrogen-bond donors (Lipinski definition) is 1. The smallest absolute Gasteiger partial charge is 0.243 e. The number of benzene rings is 1. The summed E-state index contributed by atoms with van der Waals surface area (Å²) in [7, 11) is 0. The van der Waals surface area contributed by atoms with E-state index in [4.69, 9.17) is 5.26 Å². The normalized spacial score (nSPS) is 9.14. The van der Waals surface area contributed by atoms with Crippen molar-refractivity contribution in [3.05, 3.63) is 29.8 Å². The maximum atomic E-state index is 11.0. The zero-order valence-electron chi connectivity index (χ0n) is 7.78. The minimum atomic E-state index is -0.263. The lowest BCUT2D eigenvalue weighted by atomic mass is 10.2. The molecule has 1 aromatic carbocycles. The van der Waals surface area contributed by atoms with Crippen LogP contribution in [0, 0.1) is 18.4 Å². The quantitative estimate of drug-likeness (QED) is 0.465. The first-order valence-corrected chi connectivity index (χ1v) is 5.09. The monoisotopic (exact) mass is 206 g/mol. The maximum Gasteiger partial charge on any atom is 0.243 e. The van der Waals surface area contributed by atoms with E-state index in [0.717, 1.165) is 10.5 Å². The molecule has 0 aliphatic carbocycles. The predicted molar refractivity (Wildman–Crippen MR) is 55.7 cm³/mol. The van der Waals surface area contributed by atoms with E-state index in [0.29, 0.717) is 0 Å². The van der Waals surface area contributed by atoms with Gasteiger partial charge in [0.25, 0.3) is 0 Å². The summed E-state index contributed by atoms with van der Waals surface area (Å²) in [6, 6.07) is 7.83. The first-order valence-electron chi connectivity index (χ1n) is 4.10. The highest BCUT2D eigenvalue weighted by Gasteiger charge is 2.02. The molecule has 0 radical (unpaired) electrons. The summed E-state index contributed by atoms with van der Waals surface area (Å²) in [4.78, 5) is 12.0. The van der Waals surface area contributed by atoms with Gasteiger partial charge < -0.3 is 0 Å². The standard InChI is InChI=1S/C10H10N2OS/c1-8-4-2-3-5-9(8)14-6-10(13)12-7-11/h2-5H,6H2,1H3,(H,12,13). The Morgan fingerprint density at radius 3 is 2.93 bits per heavy atom. The summed E-state index contributed by atoms with van der Waals surface area (Å²) in [5, 5.41) is 10.3. The van der Waals surface area contributed by atoms with Gasteiger partial charge >= 0.3 is 0 Å². The van der Waals surface area contributed by atoms with Crippen LogP contribution >= 0.6 is 11.8 Å². The SMILES string of the molecule is Cc1ccccc1SCC(=O)NC#N. The summed E-state index contributed by atoms with van der Waals surface area (Å²) in [6.45, 7) is 1.99. The zero-order chi connectivity index (χ0) is 10.4. The van der Waals surface area contributed by atoms with Gasteiger partial charge in [-0.2, -0.15) is 5.26 Å². The number of aryl methyl sites for hydroxylation is 1. The van der Waals surface area contributed by atoms with Crippen LogP contribution in [-0.4, -0.2) is 11.7 Å². The van der Waals surface area contributed by atoms with Crippen molar-refractivity contribution in [3.63, 3.8) is 0 Å². The fraction of sp³-hybridized carbons (Fsp3) is 0.200. The van der Waals surface area contributed by atoms with Gasteiger partial charge in [0.15, 0.2) is 6.19 Å². The number of nitrogens with zero attached hydrogens (tertiary/aromatic N) is 1. The van der Waals surface area contributed by atoms with E-state index < -0.39 is 0 Å². The van der Waals surface area contributed by atoms with Crippen molar-refractivity contribution < 1.29 is 4.79 Å². The van der Waals surface area contributed by atoms with Gasteiger partial charge in [0.05, 0.1) is 5.75 Å². The molecule has 0 atom stereocenters. The number of nitrogens with one attached hydrogen (secondary N) is 1. The van der Waals surface area contributed by atoms with Gasteiger partial charge in [-0.05, 0) is 18.6 Å². The van der Waals surface area contributed by atoms with E-state index in [2.05, 4.69) is 5.32 Å². The van der Waals surface area contributed by atoms with Gasteiger partial charge in [-0.1, -0.05) is 18.2 Å². The fourth-order valence-electron chi connectivity index (χ4n) is 0.960. The lowest BCUT2D eigenvalue weighted by Crippen LogP contribution is -2.19. The van der Waals surface area contributed by atoms with E-state index in [1.165, 1.54) is 11.8 Å². The molecular weight excluding hydrogens is 196 g/mol. The van der Waals surface area contributed by atoms with Crippen molar-refractivity contribution >= 4 is 17.7 Å². The van der Waals surface area contributed by atoms with Crippen LogP contribution in [0.15, 0.2) is 29.2 Å².